The molecule has 0 amide bonds. The highest BCUT2D eigenvalue weighted by atomic mass is 35.5. The van der Waals surface area contributed by atoms with Crippen LogP contribution < -0.4 is 5.73 Å². The molecule has 2 rings (SSSR count). The van der Waals surface area contributed by atoms with Crippen molar-refractivity contribution < 1.29 is 8.42 Å². The lowest BCUT2D eigenvalue weighted by Crippen LogP contribution is -2.40. The molecule has 0 radical (unpaired) electrons. The van der Waals surface area contributed by atoms with E-state index in [1.807, 2.05) is 19.1 Å². The van der Waals surface area contributed by atoms with E-state index in [1.54, 1.807) is 16.4 Å². The van der Waals surface area contributed by atoms with Crippen LogP contribution >= 0.6 is 12.4 Å². The lowest BCUT2D eigenvalue weighted by atomic mass is 10.2. The Bertz CT molecular complexity index is 519. The quantitative estimate of drug-likeness (QED) is 0.922. The third-order valence-corrected chi connectivity index (χ3v) is 5.59. The minimum atomic E-state index is -3.39. The molecule has 1 atom stereocenters. The molecule has 1 unspecified atom stereocenters. The summed E-state index contributed by atoms with van der Waals surface area (Å²) in [5, 5.41) is 0. The topological polar surface area (TPSA) is 63.4 Å². The van der Waals surface area contributed by atoms with Crippen LogP contribution in [0.3, 0.4) is 0 Å². The first-order valence-electron chi connectivity index (χ1n) is 6.41. The third-order valence-electron chi connectivity index (χ3n) is 3.54. The Kier molecular flexibility index (Phi) is 5.80. The van der Waals surface area contributed by atoms with Gasteiger partial charge in [0.05, 0.1) is 4.90 Å². The fraction of sp³-hybridized carbons (Fsp3) is 0.538. The zero-order valence-electron chi connectivity index (χ0n) is 11.1. The van der Waals surface area contributed by atoms with Crippen molar-refractivity contribution in [2.24, 2.45) is 5.73 Å². The van der Waals surface area contributed by atoms with Crippen LogP contribution in [-0.2, 0) is 16.4 Å². The third kappa shape index (κ3) is 3.11. The predicted octanol–water partition coefficient (Wildman–Crippen LogP) is 1.78. The van der Waals surface area contributed by atoms with Crippen LogP contribution in [0.15, 0.2) is 29.2 Å². The van der Waals surface area contributed by atoms with E-state index in [9.17, 15) is 8.42 Å². The van der Waals surface area contributed by atoms with Gasteiger partial charge in [0.1, 0.15) is 0 Å². The summed E-state index contributed by atoms with van der Waals surface area (Å²) < 4.78 is 26.9. The smallest absolute Gasteiger partial charge is 0.243 e. The van der Waals surface area contributed by atoms with Gasteiger partial charge < -0.3 is 5.73 Å². The molecule has 6 heteroatoms. The molecule has 1 saturated heterocycles. The lowest BCUT2D eigenvalue weighted by Gasteiger charge is -2.24. The van der Waals surface area contributed by atoms with E-state index in [-0.39, 0.29) is 18.4 Å². The highest BCUT2D eigenvalue weighted by Gasteiger charge is 2.35. The van der Waals surface area contributed by atoms with Crippen LogP contribution in [0.2, 0.25) is 0 Å². The Balaban J connectivity index is 0.00000180. The maximum Gasteiger partial charge on any atom is 0.243 e. The van der Waals surface area contributed by atoms with Crippen molar-refractivity contribution in [3.8, 4) is 0 Å². The van der Waals surface area contributed by atoms with E-state index >= 15 is 0 Å². The summed E-state index contributed by atoms with van der Waals surface area (Å²) in [6.45, 7) is 2.95. The summed E-state index contributed by atoms with van der Waals surface area (Å²) in [4.78, 5) is 0.438. The number of hydrogen-bond donors (Lipinski definition) is 1. The molecule has 4 nitrogen and oxygen atoms in total. The maximum atomic E-state index is 12.7. The van der Waals surface area contributed by atoms with Gasteiger partial charge >= 0.3 is 0 Å². The van der Waals surface area contributed by atoms with Gasteiger partial charge in [-0.1, -0.05) is 25.1 Å². The number of nitrogens with two attached hydrogens (primary N) is 1. The highest BCUT2D eigenvalue weighted by Crippen LogP contribution is 2.27. The molecular weight excluding hydrogens is 284 g/mol. The molecule has 1 aromatic carbocycles. The molecule has 1 fully saturated rings. The molecular formula is C13H21ClN2O2S. The predicted molar refractivity (Wildman–Crippen MR) is 79.0 cm³/mol. The van der Waals surface area contributed by atoms with E-state index in [4.69, 9.17) is 5.73 Å². The van der Waals surface area contributed by atoms with Crippen molar-refractivity contribution in [3.63, 3.8) is 0 Å². The molecule has 0 aliphatic carbocycles. The molecule has 1 aromatic rings. The van der Waals surface area contributed by atoms with Gasteiger partial charge in [0, 0.05) is 19.1 Å². The number of sulfonamides is 1. The van der Waals surface area contributed by atoms with Gasteiger partial charge in [0.25, 0.3) is 0 Å². The average Bonchev–Trinajstić information content (AvgIpc) is 2.87. The first-order chi connectivity index (χ1) is 8.61. The zero-order valence-corrected chi connectivity index (χ0v) is 12.7. The monoisotopic (exact) mass is 304 g/mol. The van der Waals surface area contributed by atoms with Crippen LogP contribution in [0.25, 0.3) is 0 Å². The van der Waals surface area contributed by atoms with Crippen molar-refractivity contribution in [2.75, 3.05) is 13.1 Å². The minimum Gasteiger partial charge on any atom is -0.329 e. The summed E-state index contributed by atoms with van der Waals surface area (Å²) in [7, 11) is -3.39. The van der Waals surface area contributed by atoms with Gasteiger partial charge in [-0.2, -0.15) is 4.31 Å². The fourth-order valence-corrected chi connectivity index (χ4v) is 4.54. The second-order valence-corrected chi connectivity index (χ2v) is 6.47. The van der Waals surface area contributed by atoms with Crippen molar-refractivity contribution >= 4 is 22.4 Å². The van der Waals surface area contributed by atoms with Crippen molar-refractivity contribution in [1.29, 1.82) is 0 Å². The number of aryl methyl sites for hydroxylation is 1. The lowest BCUT2D eigenvalue weighted by molar-refractivity contribution is 0.392. The number of hydrogen-bond acceptors (Lipinski definition) is 3. The molecule has 0 bridgehead atoms. The number of halogens is 1. The van der Waals surface area contributed by atoms with E-state index in [0.29, 0.717) is 18.0 Å². The first kappa shape index (κ1) is 16.4. The first-order valence-corrected chi connectivity index (χ1v) is 7.85. The molecule has 0 saturated carbocycles. The van der Waals surface area contributed by atoms with Crippen LogP contribution in [0.4, 0.5) is 0 Å². The maximum absolute atomic E-state index is 12.7. The van der Waals surface area contributed by atoms with Gasteiger partial charge in [0.15, 0.2) is 0 Å². The van der Waals surface area contributed by atoms with E-state index < -0.39 is 10.0 Å². The molecule has 2 N–H and O–H groups in total. The SMILES string of the molecule is CCc1ccccc1S(=O)(=O)N1CCCC1CN.Cl. The van der Waals surface area contributed by atoms with Gasteiger partial charge in [-0.05, 0) is 30.9 Å². The van der Waals surface area contributed by atoms with E-state index in [2.05, 4.69) is 0 Å². The standard InChI is InChI=1S/C13H20N2O2S.ClH/c1-2-11-6-3-4-8-13(11)18(16,17)15-9-5-7-12(15)10-14;/h3-4,6,8,12H,2,5,7,9-10,14H2,1H3;1H. The van der Waals surface area contributed by atoms with Crippen LogP contribution in [0.1, 0.15) is 25.3 Å². The molecule has 19 heavy (non-hydrogen) atoms. The second-order valence-electron chi connectivity index (χ2n) is 4.61. The van der Waals surface area contributed by atoms with Crippen molar-refractivity contribution in [1.82, 2.24) is 4.31 Å². The van der Waals surface area contributed by atoms with Crippen molar-refractivity contribution in [2.45, 2.75) is 37.1 Å². The molecule has 108 valence electrons. The number of nitrogens with zero attached hydrogens (tertiary/aromatic N) is 1. The normalized spacial score (nSPS) is 20.2. The molecule has 1 aliphatic rings. The van der Waals surface area contributed by atoms with E-state index in [0.717, 1.165) is 24.8 Å². The van der Waals surface area contributed by atoms with Gasteiger partial charge in [-0.25, -0.2) is 8.42 Å². The molecule has 0 spiro atoms. The van der Waals surface area contributed by atoms with E-state index in [1.165, 1.54) is 0 Å². The summed E-state index contributed by atoms with van der Waals surface area (Å²) in [6, 6.07) is 7.18. The average molecular weight is 305 g/mol. The second kappa shape index (κ2) is 6.70. The molecule has 1 aliphatic heterocycles. The zero-order chi connectivity index (χ0) is 13.2. The Hall–Kier alpha value is -0.620. The number of benzene rings is 1. The summed E-state index contributed by atoms with van der Waals surface area (Å²) >= 11 is 0. The minimum absolute atomic E-state index is 0. The van der Waals surface area contributed by atoms with Crippen LogP contribution in [-0.4, -0.2) is 31.9 Å². The van der Waals surface area contributed by atoms with Gasteiger partial charge in [-0.3, -0.25) is 0 Å². The Morgan fingerprint density at radius 2 is 2.05 bits per heavy atom. The highest BCUT2D eigenvalue weighted by molar-refractivity contribution is 7.89. The number of rotatable bonds is 4. The van der Waals surface area contributed by atoms with Gasteiger partial charge in [0.2, 0.25) is 10.0 Å². The Morgan fingerprint density at radius 3 is 2.68 bits per heavy atom. The fourth-order valence-electron chi connectivity index (χ4n) is 2.54. The van der Waals surface area contributed by atoms with Gasteiger partial charge in [-0.15, -0.1) is 12.4 Å². The summed E-state index contributed by atoms with van der Waals surface area (Å²) in [5.74, 6) is 0. The van der Waals surface area contributed by atoms with Crippen molar-refractivity contribution in [3.05, 3.63) is 29.8 Å². The largest absolute Gasteiger partial charge is 0.329 e. The molecule has 0 aromatic heterocycles. The van der Waals surface area contributed by atoms with Crippen LogP contribution in [0.5, 0.6) is 0 Å². The summed E-state index contributed by atoms with van der Waals surface area (Å²) in [6.07, 6.45) is 2.48. The van der Waals surface area contributed by atoms with Crippen LogP contribution in [0, 0.1) is 0 Å². The Labute approximate surface area is 121 Å². The summed E-state index contributed by atoms with van der Waals surface area (Å²) in [5.41, 5.74) is 6.54. The Morgan fingerprint density at radius 1 is 1.37 bits per heavy atom. The molecule has 1 heterocycles.